The van der Waals surface area contributed by atoms with Crippen LogP contribution in [0.3, 0.4) is 0 Å². The second kappa shape index (κ2) is 8.18. The highest BCUT2D eigenvalue weighted by atomic mass is 35.5. The molecule has 0 saturated carbocycles. The Bertz CT molecular complexity index is 925. The first-order chi connectivity index (χ1) is 11.8. The van der Waals surface area contributed by atoms with Gasteiger partial charge in [-0.05, 0) is 36.4 Å². The fraction of sp³-hybridized carbons (Fsp3) is 0.0667. The van der Waals surface area contributed by atoms with Gasteiger partial charge in [-0.2, -0.15) is 5.26 Å². The number of benzene rings is 2. The Hall–Kier alpha value is -2.31. The minimum atomic E-state index is -4.09. The van der Waals surface area contributed by atoms with Gasteiger partial charge in [-0.3, -0.25) is 10.2 Å². The average Bonchev–Trinajstić information content (AvgIpc) is 2.61. The molecule has 0 bridgehead atoms. The highest BCUT2D eigenvalue weighted by molar-refractivity contribution is 7.89. The predicted octanol–water partition coefficient (Wildman–Crippen LogP) is 2.25. The van der Waals surface area contributed by atoms with Gasteiger partial charge >= 0.3 is 0 Å². The molecule has 130 valence electrons. The molecule has 2 rings (SSSR count). The van der Waals surface area contributed by atoms with Crippen LogP contribution in [0.15, 0.2) is 47.4 Å². The van der Waals surface area contributed by atoms with Gasteiger partial charge in [-0.25, -0.2) is 8.42 Å². The smallest absolute Gasteiger partial charge is 0.272 e. The van der Waals surface area contributed by atoms with Crippen molar-refractivity contribution >= 4 is 39.1 Å². The number of halogens is 2. The topological polar surface area (TPSA) is 108 Å². The van der Waals surface area contributed by atoms with E-state index in [4.69, 9.17) is 33.2 Å². The van der Waals surface area contributed by atoms with E-state index in [0.29, 0.717) is 11.3 Å². The second-order valence-corrected chi connectivity index (χ2v) is 7.07. The van der Waals surface area contributed by atoms with Crippen molar-refractivity contribution in [2.75, 3.05) is 6.61 Å². The summed E-state index contributed by atoms with van der Waals surface area (Å²) in [6.45, 7) is -0.433. The standard InChI is InChI=1S/C15H11Cl2N3O4S/c16-12-2-1-3-13(15(12)17)25(22,23)20-19-14(21)9-24-11-6-4-10(8-18)5-7-11/h1-7,20H,9H2,(H,19,21). The molecule has 25 heavy (non-hydrogen) atoms. The molecular weight excluding hydrogens is 389 g/mol. The lowest BCUT2D eigenvalue weighted by molar-refractivity contribution is -0.123. The monoisotopic (exact) mass is 399 g/mol. The van der Waals surface area contributed by atoms with Gasteiger partial charge in [0.15, 0.2) is 6.61 Å². The summed E-state index contributed by atoms with van der Waals surface area (Å²) in [7, 11) is -4.09. The largest absolute Gasteiger partial charge is 0.484 e. The molecule has 0 unspecified atom stereocenters. The molecule has 0 fully saturated rings. The molecule has 2 aromatic carbocycles. The van der Waals surface area contributed by atoms with Gasteiger partial charge in [0, 0.05) is 0 Å². The first-order valence-corrected chi connectivity index (χ1v) is 8.95. The number of ether oxygens (including phenoxy) is 1. The summed E-state index contributed by atoms with van der Waals surface area (Å²) in [4.78, 5) is 13.3. The quantitative estimate of drug-likeness (QED) is 0.724. The lowest BCUT2D eigenvalue weighted by Crippen LogP contribution is -2.43. The van der Waals surface area contributed by atoms with E-state index in [-0.39, 0.29) is 14.9 Å². The maximum atomic E-state index is 12.1. The lowest BCUT2D eigenvalue weighted by Gasteiger charge is -2.11. The summed E-state index contributed by atoms with van der Waals surface area (Å²) < 4.78 is 29.4. The van der Waals surface area contributed by atoms with Gasteiger partial charge in [0.05, 0.1) is 21.7 Å². The number of nitriles is 1. The summed E-state index contributed by atoms with van der Waals surface area (Å²) in [5.41, 5.74) is 2.45. The third-order valence-corrected chi connectivity index (χ3v) is 5.10. The van der Waals surface area contributed by atoms with E-state index >= 15 is 0 Å². The molecule has 0 aliphatic carbocycles. The van der Waals surface area contributed by atoms with Crippen molar-refractivity contribution < 1.29 is 17.9 Å². The fourth-order valence-electron chi connectivity index (χ4n) is 1.68. The summed E-state index contributed by atoms with van der Waals surface area (Å²) in [6.07, 6.45) is 0. The minimum absolute atomic E-state index is 0.0695. The SMILES string of the molecule is N#Cc1ccc(OCC(=O)NNS(=O)(=O)c2cccc(Cl)c2Cl)cc1. The summed E-state index contributed by atoms with van der Waals surface area (Å²) in [5.74, 6) is -0.374. The van der Waals surface area contributed by atoms with E-state index < -0.39 is 22.5 Å². The number of hydrogen-bond donors (Lipinski definition) is 2. The third-order valence-electron chi connectivity index (χ3n) is 2.88. The Morgan fingerprint density at radius 1 is 1.16 bits per heavy atom. The molecule has 7 nitrogen and oxygen atoms in total. The van der Waals surface area contributed by atoms with Crippen molar-refractivity contribution in [1.82, 2.24) is 10.3 Å². The van der Waals surface area contributed by atoms with Crippen LogP contribution >= 0.6 is 23.2 Å². The molecule has 0 aromatic heterocycles. The van der Waals surface area contributed by atoms with Gasteiger partial charge < -0.3 is 4.74 Å². The van der Waals surface area contributed by atoms with Gasteiger partial charge in [-0.1, -0.05) is 29.3 Å². The molecule has 0 heterocycles. The van der Waals surface area contributed by atoms with Gasteiger partial charge in [0.25, 0.3) is 15.9 Å². The first kappa shape index (κ1) is 19.0. The Labute approximate surface area is 154 Å². The van der Waals surface area contributed by atoms with Crippen LogP contribution < -0.4 is 15.0 Å². The maximum Gasteiger partial charge on any atom is 0.272 e. The minimum Gasteiger partial charge on any atom is -0.484 e. The number of sulfonamides is 1. The van der Waals surface area contributed by atoms with Crippen LogP contribution in [0.5, 0.6) is 5.75 Å². The average molecular weight is 400 g/mol. The molecule has 0 radical (unpaired) electrons. The Morgan fingerprint density at radius 3 is 2.48 bits per heavy atom. The fourth-order valence-corrected chi connectivity index (χ4v) is 3.30. The summed E-state index contributed by atoms with van der Waals surface area (Å²) in [6, 6.07) is 12.1. The van der Waals surface area contributed by atoms with Crippen molar-refractivity contribution in [2.24, 2.45) is 0 Å². The number of hydrazine groups is 1. The zero-order valence-electron chi connectivity index (χ0n) is 12.5. The van der Waals surface area contributed by atoms with Crippen molar-refractivity contribution in [3.63, 3.8) is 0 Å². The number of nitrogens with zero attached hydrogens (tertiary/aromatic N) is 1. The molecule has 2 N–H and O–H groups in total. The van der Waals surface area contributed by atoms with E-state index in [1.54, 1.807) is 0 Å². The van der Waals surface area contributed by atoms with Crippen molar-refractivity contribution in [1.29, 1.82) is 5.26 Å². The summed E-state index contributed by atoms with van der Waals surface area (Å²) >= 11 is 11.6. The normalized spacial score (nSPS) is 10.8. The van der Waals surface area contributed by atoms with Gasteiger partial charge in [0.2, 0.25) is 0 Å². The highest BCUT2D eigenvalue weighted by Crippen LogP contribution is 2.28. The summed E-state index contributed by atoms with van der Waals surface area (Å²) in [5, 5.41) is 8.60. The van der Waals surface area contributed by atoms with E-state index in [9.17, 15) is 13.2 Å². The van der Waals surface area contributed by atoms with E-state index in [1.165, 1.54) is 42.5 Å². The number of carbonyl (C=O) groups is 1. The number of nitrogens with one attached hydrogen (secondary N) is 2. The van der Waals surface area contributed by atoms with Crippen LogP contribution in [-0.4, -0.2) is 20.9 Å². The molecule has 0 saturated heterocycles. The van der Waals surface area contributed by atoms with Crippen LogP contribution in [0.2, 0.25) is 10.0 Å². The zero-order chi connectivity index (χ0) is 18.4. The van der Waals surface area contributed by atoms with Gasteiger partial charge in [0.1, 0.15) is 10.6 Å². The number of carbonyl (C=O) groups excluding carboxylic acids is 1. The Balaban J connectivity index is 1.92. The molecule has 1 amide bonds. The Kier molecular flexibility index (Phi) is 6.22. The van der Waals surface area contributed by atoms with Gasteiger partial charge in [-0.15, -0.1) is 4.83 Å². The number of hydrogen-bond acceptors (Lipinski definition) is 5. The molecule has 10 heteroatoms. The van der Waals surface area contributed by atoms with Crippen LogP contribution in [-0.2, 0) is 14.8 Å². The predicted molar refractivity (Wildman–Crippen MR) is 91.6 cm³/mol. The van der Waals surface area contributed by atoms with Crippen molar-refractivity contribution in [3.8, 4) is 11.8 Å². The molecule has 0 aliphatic rings. The molecule has 0 atom stereocenters. The van der Waals surface area contributed by atoms with Crippen molar-refractivity contribution in [2.45, 2.75) is 4.90 Å². The molecular formula is C15H11Cl2N3O4S. The van der Waals surface area contributed by atoms with Crippen LogP contribution in [0, 0.1) is 11.3 Å². The van der Waals surface area contributed by atoms with E-state index in [1.807, 2.05) is 16.3 Å². The third kappa shape index (κ3) is 5.08. The highest BCUT2D eigenvalue weighted by Gasteiger charge is 2.20. The van der Waals surface area contributed by atoms with E-state index in [2.05, 4.69) is 0 Å². The van der Waals surface area contributed by atoms with Crippen LogP contribution in [0.25, 0.3) is 0 Å². The molecule has 0 spiro atoms. The van der Waals surface area contributed by atoms with Crippen LogP contribution in [0.4, 0.5) is 0 Å². The molecule has 2 aromatic rings. The lowest BCUT2D eigenvalue weighted by atomic mass is 10.2. The Morgan fingerprint density at radius 2 is 1.84 bits per heavy atom. The maximum absolute atomic E-state index is 12.1. The molecule has 0 aliphatic heterocycles. The van der Waals surface area contributed by atoms with Crippen molar-refractivity contribution in [3.05, 3.63) is 58.1 Å². The van der Waals surface area contributed by atoms with E-state index in [0.717, 1.165) is 0 Å². The first-order valence-electron chi connectivity index (χ1n) is 6.71. The zero-order valence-corrected chi connectivity index (χ0v) is 14.8. The number of rotatable bonds is 6. The number of amides is 1. The van der Waals surface area contributed by atoms with Crippen LogP contribution in [0.1, 0.15) is 5.56 Å². The second-order valence-electron chi connectivity index (χ2n) is 4.63.